The lowest BCUT2D eigenvalue weighted by molar-refractivity contribution is -0.139. The lowest BCUT2D eigenvalue weighted by Gasteiger charge is -2.29. The van der Waals surface area contributed by atoms with Crippen LogP contribution in [0.2, 0.25) is 0 Å². The molecule has 2 aliphatic rings. The monoisotopic (exact) mass is 356 g/mol. The Morgan fingerprint density at radius 1 is 1.24 bits per heavy atom. The normalized spacial score (nSPS) is 24.2. The predicted molar refractivity (Wildman–Crippen MR) is 82.6 cm³/mol. The number of hydrogen-bond acceptors (Lipinski definition) is 3. The summed E-state index contributed by atoms with van der Waals surface area (Å²) in [5.41, 5.74) is -0.847. The molecule has 25 heavy (non-hydrogen) atoms. The second-order valence-electron chi connectivity index (χ2n) is 6.47. The minimum absolute atomic E-state index is 0.0506. The summed E-state index contributed by atoms with van der Waals surface area (Å²) in [6.45, 7) is 0.989. The molecular weight excluding hydrogens is 337 g/mol. The molecular formula is C17H19F3N2O3. The Kier molecular flexibility index (Phi) is 4.73. The van der Waals surface area contributed by atoms with E-state index >= 15 is 0 Å². The third kappa shape index (κ3) is 3.63. The van der Waals surface area contributed by atoms with Gasteiger partial charge in [-0.05, 0) is 11.6 Å². The quantitative estimate of drug-likeness (QED) is 0.808. The van der Waals surface area contributed by atoms with Crippen molar-refractivity contribution in [1.29, 1.82) is 0 Å². The van der Waals surface area contributed by atoms with Gasteiger partial charge in [-0.15, -0.1) is 0 Å². The molecule has 2 atom stereocenters. The van der Waals surface area contributed by atoms with Gasteiger partial charge in [-0.25, -0.2) is 0 Å². The van der Waals surface area contributed by atoms with Gasteiger partial charge in [0.15, 0.2) is 0 Å². The number of benzene rings is 1. The van der Waals surface area contributed by atoms with Crippen LogP contribution in [0.5, 0.6) is 0 Å². The van der Waals surface area contributed by atoms with E-state index in [1.165, 1.54) is 23.1 Å². The predicted octanol–water partition coefficient (Wildman–Crippen LogP) is 1.56. The molecule has 0 saturated carbocycles. The number of alkyl halides is 3. The van der Waals surface area contributed by atoms with Crippen molar-refractivity contribution in [2.45, 2.75) is 18.6 Å². The Morgan fingerprint density at radius 3 is 2.68 bits per heavy atom. The van der Waals surface area contributed by atoms with Gasteiger partial charge in [-0.1, -0.05) is 18.2 Å². The zero-order valence-corrected chi connectivity index (χ0v) is 13.8. The van der Waals surface area contributed by atoms with Gasteiger partial charge >= 0.3 is 6.18 Å². The van der Waals surface area contributed by atoms with Crippen LogP contribution in [0.25, 0.3) is 0 Å². The molecule has 136 valence electrons. The van der Waals surface area contributed by atoms with E-state index in [1.807, 2.05) is 0 Å². The summed E-state index contributed by atoms with van der Waals surface area (Å²) in [6, 6.07) is 4.81. The van der Waals surface area contributed by atoms with Crippen LogP contribution in [0.4, 0.5) is 13.2 Å². The minimum Gasteiger partial charge on any atom is -0.378 e. The number of nitrogens with zero attached hydrogens (tertiary/aromatic N) is 2. The van der Waals surface area contributed by atoms with E-state index in [9.17, 15) is 22.8 Å². The van der Waals surface area contributed by atoms with E-state index < -0.39 is 23.6 Å². The molecule has 5 nitrogen and oxygen atoms in total. The summed E-state index contributed by atoms with van der Waals surface area (Å²) in [4.78, 5) is 28.0. The molecule has 3 rings (SSSR count). The van der Waals surface area contributed by atoms with Crippen molar-refractivity contribution in [1.82, 2.24) is 9.80 Å². The van der Waals surface area contributed by atoms with Gasteiger partial charge in [0.2, 0.25) is 11.8 Å². The molecule has 2 fully saturated rings. The number of rotatable bonds is 2. The summed E-state index contributed by atoms with van der Waals surface area (Å²) in [6.07, 6.45) is -4.84. The van der Waals surface area contributed by atoms with E-state index in [-0.39, 0.29) is 43.6 Å². The van der Waals surface area contributed by atoms with E-state index in [1.54, 1.807) is 11.9 Å². The summed E-state index contributed by atoms with van der Waals surface area (Å²) < 4.78 is 44.8. The van der Waals surface area contributed by atoms with Gasteiger partial charge in [-0.2, -0.15) is 13.2 Å². The second kappa shape index (κ2) is 6.67. The van der Waals surface area contributed by atoms with E-state index in [0.29, 0.717) is 6.61 Å². The van der Waals surface area contributed by atoms with E-state index in [2.05, 4.69) is 0 Å². The van der Waals surface area contributed by atoms with Gasteiger partial charge in [0.05, 0.1) is 37.2 Å². The fourth-order valence-corrected chi connectivity index (χ4v) is 3.33. The molecule has 0 aliphatic carbocycles. The Morgan fingerprint density at radius 2 is 1.96 bits per heavy atom. The first kappa shape index (κ1) is 17.7. The van der Waals surface area contributed by atoms with Crippen molar-refractivity contribution >= 4 is 11.8 Å². The summed E-state index contributed by atoms with van der Waals surface area (Å²) in [7, 11) is 1.67. The summed E-state index contributed by atoms with van der Waals surface area (Å²) in [5.74, 6) is -0.968. The zero-order valence-electron chi connectivity index (χ0n) is 13.8. The number of fused-ring (bicyclic) bond motifs is 3. The van der Waals surface area contributed by atoms with Crippen LogP contribution in [-0.4, -0.2) is 61.0 Å². The number of likely N-dealkylation sites (N-methyl/N-ethyl adjacent to an activating group) is 1. The fourth-order valence-electron chi connectivity index (χ4n) is 3.33. The van der Waals surface area contributed by atoms with Crippen LogP contribution in [0.15, 0.2) is 24.3 Å². The Labute approximate surface area is 143 Å². The number of halogens is 3. The SMILES string of the molecule is CN1C(=O)[C@H]2COC[C@@H]1CN(C(=O)Cc1ccccc1C(F)(F)F)C2. The number of hydrogen-bond donors (Lipinski definition) is 0. The molecule has 0 aromatic heterocycles. The molecule has 2 saturated heterocycles. The molecule has 2 heterocycles. The third-order valence-corrected chi connectivity index (χ3v) is 4.76. The highest BCUT2D eigenvalue weighted by Crippen LogP contribution is 2.32. The first-order valence-corrected chi connectivity index (χ1v) is 8.04. The first-order valence-electron chi connectivity index (χ1n) is 8.04. The largest absolute Gasteiger partial charge is 0.416 e. The average molecular weight is 356 g/mol. The van der Waals surface area contributed by atoms with Crippen molar-refractivity contribution in [2.24, 2.45) is 5.92 Å². The number of amides is 2. The molecule has 0 spiro atoms. The van der Waals surface area contributed by atoms with Crippen molar-refractivity contribution in [3.8, 4) is 0 Å². The first-order chi connectivity index (χ1) is 11.8. The maximum absolute atomic E-state index is 13.1. The van der Waals surface area contributed by atoms with E-state index in [4.69, 9.17) is 4.74 Å². The molecule has 2 aliphatic heterocycles. The van der Waals surface area contributed by atoms with Crippen LogP contribution in [-0.2, 0) is 26.9 Å². The molecule has 0 radical (unpaired) electrons. The molecule has 2 bridgehead atoms. The van der Waals surface area contributed by atoms with Crippen molar-refractivity contribution in [3.63, 3.8) is 0 Å². The topological polar surface area (TPSA) is 49.9 Å². The number of ether oxygens (including phenoxy) is 1. The van der Waals surface area contributed by atoms with Gasteiger partial charge in [0.25, 0.3) is 0 Å². The average Bonchev–Trinajstić information content (AvgIpc) is 2.72. The highest BCUT2D eigenvalue weighted by atomic mass is 19.4. The molecule has 8 heteroatoms. The van der Waals surface area contributed by atoms with Gasteiger partial charge in [0.1, 0.15) is 0 Å². The highest BCUT2D eigenvalue weighted by molar-refractivity contribution is 5.83. The Hall–Kier alpha value is -2.09. The summed E-state index contributed by atoms with van der Waals surface area (Å²) >= 11 is 0. The van der Waals surface area contributed by atoms with Gasteiger partial charge in [0, 0.05) is 20.1 Å². The molecule has 0 N–H and O–H groups in total. The molecule has 0 unspecified atom stereocenters. The van der Waals surface area contributed by atoms with Gasteiger partial charge in [-0.3, -0.25) is 9.59 Å². The number of carbonyl (C=O) groups is 2. The molecule has 1 aromatic rings. The number of carbonyl (C=O) groups excluding carboxylic acids is 2. The van der Waals surface area contributed by atoms with Crippen molar-refractivity contribution in [3.05, 3.63) is 35.4 Å². The van der Waals surface area contributed by atoms with Crippen LogP contribution in [0.1, 0.15) is 11.1 Å². The van der Waals surface area contributed by atoms with Crippen molar-refractivity contribution in [2.75, 3.05) is 33.4 Å². The third-order valence-electron chi connectivity index (χ3n) is 4.76. The maximum Gasteiger partial charge on any atom is 0.416 e. The van der Waals surface area contributed by atoms with Crippen molar-refractivity contribution < 1.29 is 27.5 Å². The Bertz CT molecular complexity index is 677. The van der Waals surface area contributed by atoms with Crippen LogP contribution >= 0.6 is 0 Å². The summed E-state index contributed by atoms with van der Waals surface area (Å²) in [5, 5.41) is 0. The van der Waals surface area contributed by atoms with Crippen LogP contribution < -0.4 is 0 Å². The minimum atomic E-state index is -4.50. The van der Waals surface area contributed by atoms with Gasteiger partial charge < -0.3 is 14.5 Å². The lowest BCUT2D eigenvalue weighted by Crippen LogP contribution is -2.45. The van der Waals surface area contributed by atoms with Crippen LogP contribution in [0, 0.1) is 5.92 Å². The Balaban J connectivity index is 1.80. The zero-order chi connectivity index (χ0) is 18.2. The standard InChI is InChI=1S/C17H19F3N2O3/c1-21-13-8-22(7-12(16(21)24)9-25-10-13)15(23)6-11-4-2-3-5-14(11)17(18,19)20/h2-5,12-13H,6-10H2,1H3/t12-,13+/m1/s1. The van der Waals surface area contributed by atoms with Crippen LogP contribution in [0.3, 0.4) is 0 Å². The second-order valence-corrected chi connectivity index (χ2v) is 6.47. The fraction of sp³-hybridized carbons (Fsp3) is 0.529. The maximum atomic E-state index is 13.1. The smallest absolute Gasteiger partial charge is 0.378 e. The molecule has 1 aromatic carbocycles. The van der Waals surface area contributed by atoms with E-state index in [0.717, 1.165) is 6.07 Å². The lowest BCUT2D eigenvalue weighted by atomic mass is 10.0. The highest BCUT2D eigenvalue weighted by Gasteiger charge is 2.39. The molecule has 2 amide bonds.